The Kier molecular flexibility index (Phi) is 4.89. The maximum Gasteiger partial charge on any atom is 0.325 e. The molecule has 0 bridgehead atoms. The normalized spacial score (nSPS) is 19.5. The Bertz CT molecular complexity index is 614. The van der Waals surface area contributed by atoms with E-state index in [0.29, 0.717) is 43.9 Å². The first kappa shape index (κ1) is 16.6. The molecule has 3 amide bonds. The molecule has 2 saturated heterocycles. The summed E-state index contributed by atoms with van der Waals surface area (Å²) in [5.74, 6) is 1.22. The third-order valence-electron chi connectivity index (χ3n) is 4.56. The monoisotopic (exact) mass is 333 g/mol. The minimum absolute atomic E-state index is 0.105. The average molecular weight is 333 g/mol. The second-order valence-electron chi connectivity index (χ2n) is 6.07. The first-order chi connectivity index (χ1) is 11.7. The van der Waals surface area contributed by atoms with E-state index in [4.69, 9.17) is 9.47 Å². The number of piperidine rings is 1. The SMILES string of the molecule is COc1ccccc1OCCCN1C(=O)NC2(CCNCC2)C1=O. The van der Waals surface area contributed by atoms with E-state index in [0.717, 1.165) is 13.1 Å². The molecule has 1 aromatic carbocycles. The van der Waals surface area contributed by atoms with Crippen LogP contribution >= 0.6 is 0 Å². The molecular formula is C17H23N3O4. The fraction of sp³-hybridized carbons (Fsp3) is 0.529. The molecule has 3 rings (SSSR count). The number of nitrogens with one attached hydrogen (secondary N) is 2. The van der Waals surface area contributed by atoms with Crippen LogP contribution in [0.1, 0.15) is 19.3 Å². The highest BCUT2D eigenvalue weighted by atomic mass is 16.5. The zero-order valence-electron chi connectivity index (χ0n) is 13.8. The molecule has 2 aliphatic heterocycles. The smallest absolute Gasteiger partial charge is 0.325 e. The highest BCUT2D eigenvalue weighted by Crippen LogP contribution is 2.28. The summed E-state index contributed by atoms with van der Waals surface area (Å²) in [5.41, 5.74) is -0.703. The van der Waals surface area contributed by atoms with E-state index in [1.807, 2.05) is 24.3 Å². The lowest BCUT2D eigenvalue weighted by molar-refractivity contribution is -0.132. The predicted octanol–water partition coefficient (Wildman–Crippen LogP) is 1.14. The van der Waals surface area contributed by atoms with Crippen LogP contribution in [0.2, 0.25) is 0 Å². The van der Waals surface area contributed by atoms with Crippen LogP contribution in [0.3, 0.4) is 0 Å². The van der Waals surface area contributed by atoms with Crippen molar-refractivity contribution >= 4 is 11.9 Å². The Morgan fingerprint density at radius 1 is 1.17 bits per heavy atom. The molecule has 7 nitrogen and oxygen atoms in total. The highest BCUT2D eigenvalue weighted by Gasteiger charge is 2.50. The quantitative estimate of drug-likeness (QED) is 0.603. The number of carbonyl (C=O) groups excluding carboxylic acids is 2. The molecule has 2 heterocycles. The van der Waals surface area contributed by atoms with Gasteiger partial charge in [-0.2, -0.15) is 0 Å². The average Bonchev–Trinajstić information content (AvgIpc) is 2.83. The molecule has 0 radical (unpaired) electrons. The largest absolute Gasteiger partial charge is 0.493 e. The molecular weight excluding hydrogens is 310 g/mol. The zero-order valence-corrected chi connectivity index (χ0v) is 13.8. The van der Waals surface area contributed by atoms with Crippen molar-refractivity contribution in [3.05, 3.63) is 24.3 Å². The summed E-state index contributed by atoms with van der Waals surface area (Å²) in [7, 11) is 1.59. The Hall–Kier alpha value is -2.28. The predicted molar refractivity (Wildman–Crippen MR) is 88.2 cm³/mol. The number of nitrogens with zero attached hydrogens (tertiary/aromatic N) is 1. The summed E-state index contributed by atoms with van der Waals surface area (Å²) in [6, 6.07) is 7.11. The number of hydrogen-bond acceptors (Lipinski definition) is 5. The van der Waals surface area contributed by atoms with Crippen LogP contribution in [0.5, 0.6) is 11.5 Å². The molecule has 0 saturated carbocycles. The minimum Gasteiger partial charge on any atom is -0.493 e. The first-order valence-corrected chi connectivity index (χ1v) is 8.27. The van der Waals surface area contributed by atoms with Crippen molar-refractivity contribution in [3.63, 3.8) is 0 Å². The van der Waals surface area contributed by atoms with Crippen molar-refractivity contribution in [3.8, 4) is 11.5 Å². The van der Waals surface area contributed by atoms with Gasteiger partial charge in [-0.1, -0.05) is 12.1 Å². The summed E-state index contributed by atoms with van der Waals surface area (Å²) in [6.07, 6.45) is 1.86. The third kappa shape index (κ3) is 3.17. The topological polar surface area (TPSA) is 79.9 Å². The fourth-order valence-corrected chi connectivity index (χ4v) is 3.21. The van der Waals surface area contributed by atoms with Gasteiger partial charge in [0.05, 0.1) is 13.7 Å². The highest BCUT2D eigenvalue weighted by molar-refractivity contribution is 6.07. The zero-order chi connectivity index (χ0) is 17.0. The second-order valence-corrected chi connectivity index (χ2v) is 6.07. The summed E-state index contributed by atoms with van der Waals surface area (Å²) >= 11 is 0. The van der Waals surface area contributed by atoms with E-state index in [1.54, 1.807) is 7.11 Å². The number of amides is 3. The Labute approximate surface area is 141 Å². The van der Waals surface area contributed by atoms with Gasteiger partial charge in [0.1, 0.15) is 5.54 Å². The van der Waals surface area contributed by atoms with Gasteiger partial charge in [0.15, 0.2) is 11.5 Å². The second kappa shape index (κ2) is 7.09. The van der Waals surface area contributed by atoms with Crippen LogP contribution in [0.25, 0.3) is 0 Å². The number of methoxy groups -OCH3 is 1. The molecule has 130 valence electrons. The van der Waals surface area contributed by atoms with Crippen LogP contribution in [0, 0.1) is 0 Å². The van der Waals surface area contributed by atoms with Crippen molar-refractivity contribution in [1.29, 1.82) is 0 Å². The third-order valence-corrected chi connectivity index (χ3v) is 4.56. The van der Waals surface area contributed by atoms with Crippen molar-refractivity contribution in [2.24, 2.45) is 0 Å². The minimum atomic E-state index is -0.703. The lowest BCUT2D eigenvalue weighted by Gasteiger charge is -2.31. The van der Waals surface area contributed by atoms with Gasteiger partial charge in [-0.25, -0.2) is 4.79 Å². The number of hydrogen-bond donors (Lipinski definition) is 2. The number of para-hydroxylation sites is 2. The van der Waals surface area contributed by atoms with E-state index in [1.165, 1.54) is 4.90 Å². The van der Waals surface area contributed by atoms with Crippen molar-refractivity contribution in [2.45, 2.75) is 24.8 Å². The van der Waals surface area contributed by atoms with Gasteiger partial charge in [-0.05, 0) is 44.5 Å². The maximum atomic E-state index is 12.6. The summed E-state index contributed by atoms with van der Waals surface area (Å²) in [4.78, 5) is 26.1. The Morgan fingerprint density at radius 2 is 1.88 bits per heavy atom. The molecule has 24 heavy (non-hydrogen) atoms. The van der Waals surface area contributed by atoms with Gasteiger partial charge >= 0.3 is 6.03 Å². The van der Waals surface area contributed by atoms with E-state index in [2.05, 4.69) is 10.6 Å². The van der Waals surface area contributed by atoms with Crippen molar-refractivity contribution < 1.29 is 19.1 Å². The lowest BCUT2D eigenvalue weighted by atomic mass is 9.88. The van der Waals surface area contributed by atoms with Gasteiger partial charge in [0, 0.05) is 6.54 Å². The van der Waals surface area contributed by atoms with Crippen LogP contribution in [-0.2, 0) is 4.79 Å². The summed E-state index contributed by atoms with van der Waals surface area (Å²) in [6.45, 7) is 2.26. The molecule has 7 heteroatoms. The van der Waals surface area contributed by atoms with Gasteiger partial charge < -0.3 is 20.1 Å². The number of ether oxygens (including phenoxy) is 2. The number of urea groups is 1. The van der Waals surface area contributed by atoms with E-state index >= 15 is 0 Å². The Morgan fingerprint density at radius 3 is 2.58 bits per heavy atom. The van der Waals surface area contributed by atoms with Crippen LogP contribution in [-0.4, -0.2) is 55.7 Å². The van der Waals surface area contributed by atoms with Gasteiger partial charge in [-0.15, -0.1) is 0 Å². The summed E-state index contributed by atoms with van der Waals surface area (Å²) in [5, 5.41) is 6.10. The molecule has 2 fully saturated rings. The molecule has 2 aliphatic rings. The standard InChI is InChI=1S/C17H23N3O4/c1-23-13-5-2-3-6-14(13)24-12-4-11-20-15(21)17(19-16(20)22)7-9-18-10-8-17/h2-3,5-6,18H,4,7-12H2,1H3,(H,19,22). The van der Waals surface area contributed by atoms with Crippen LogP contribution in [0.4, 0.5) is 4.79 Å². The van der Waals surface area contributed by atoms with Crippen LogP contribution in [0.15, 0.2) is 24.3 Å². The molecule has 1 spiro atoms. The maximum absolute atomic E-state index is 12.6. The van der Waals surface area contributed by atoms with Crippen LogP contribution < -0.4 is 20.1 Å². The van der Waals surface area contributed by atoms with E-state index in [9.17, 15) is 9.59 Å². The molecule has 2 N–H and O–H groups in total. The van der Waals surface area contributed by atoms with E-state index < -0.39 is 5.54 Å². The number of imide groups is 1. The van der Waals surface area contributed by atoms with Gasteiger partial charge in [0.2, 0.25) is 0 Å². The lowest BCUT2D eigenvalue weighted by Crippen LogP contribution is -2.53. The number of carbonyl (C=O) groups is 2. The molecule has 0 aliphatic carbocycles. The first-order valence-electron chi connectivity index (χ1n) is 8.27. The van der Waals surface area contributed by atoms with E-state index in [-0.39, 0.29) is 11.9 Å². The fourth-order valence-electron chi connectivity index (χ4n) is 3.21. The molecule has 0 atom stereocenters. The van der Waals surface area contributed by atoms with Crippen molar-refractivity contribution in [2.75, 3.05) is 33.4 Å². The number of benzene rings is 1. The van der Waals surface area contributed by atoms with Gasteiger partial charge in [0.25, 0.3) is 5.91 Å². The van der Waals surface area contributed by atoms with Gasteiger partial charge in [-0.3, -0.25) is 9.69 Å². The molecule has 0 aromatic heterocycles. The van der Waals surface area contributed by atoms with Crippen molar-refractivity contribution in [1.82, 2.24) is 15.5 Å². The Balaban J connectivity index is 1.51. The number of rotatable bonds is 6. The molecule has 0 unspecified atom stereocenters. The summed E-state index contributed by atoms with van der Waals surface area (Å²) < 4.78 is 10.9. The molecule has 1 aromatic rings.